The third-order valence-electron chi connectivity index (χ3n) is 3.79. The molecule has 0 aliphatic carbocycles. The normalized spacial score (nSPS) is 11.2. The van der Waals surface area contributed by atoms with Crippen LogP contribution < -0.4 is 4.74 Å². The van der Waals surface area contributed by atoms with Crippen LogP contribution in [0.25, 0.3) is 5.69 Å². The third-order valence-corrected chi connectivity index (χ3v) is 4.39. The number of rotatable bonds is 5. The molecule has 0 bridgehead atoms. The summed E-state index contributed by atoms with van der Waals surface area (Å²) in [7, 11) is 0. The molecule has 0 aliphatic heterocycles. The molecule has 0 atom stereocenters. The number of ether oxygens (including phenoxy) is 1. The van der Waals surface area contributed by atoms with Crippen LogP contribution in [0.1, 0.15) is 18.1 Å². The molecule has 1 N–H and O–H groups in total. The molecular formula is C20H19BrN2O2. The van der Waals surface area contributed by atoms with Gasteiger partial charge < -0.3 is 14.4 Å². The second-order valence-electron chi connectivity index (χ2n) is 5.60. The molecular weight excluding hydrogens is 380 g/mol. The molecule has 0 radical (unpaired) electrons. The Labute approximate surface area is 155 Å². The van der Waals surface area contributed by atoms with Crippen LogP contribution in [0.5, 0.6) is 11.5 Å². The van der Waals surface area contributed by atoms with Crippen LogP contribution in [-0.4, -0.2) is 22.5 Å². The van der Waals surface area contributed by atoms with E-state index in [9.17, 15) is 5.11 Å². The minimum atomic E-state index is 0.101. The van der Waals surface area contributed by atoms with E-state index < -0.39 is 0 Å². The van der Waals surface area contributed by atoms with E-state index >= 15 is 0 Å². The van der Waals surface area contributed by atoms with Crippen LogP contribution in [-0.2, 0) is 0 Å². The van der Waals surface area contributed by atoms with E-state index in [0.29, 0.717) is 16.8 Å². The zero-order valence-electron chi connectivity index (χ0n) is 14.1. The van der Waals surface area contributed by atoms with Crippen LogP contribution in [0.15, 0.2) is 64.3 Å². The smallest absolute Gasteiger partial charge is 0.172 e. The van der Waals surface area contributed by atoms with Crippen molar-refractivity contribution in [2.45, 2.75) is 13.8 Å². The highest BCUT2D eigenvalue weighted by molar-refractivity contribution is 9.10. The van der Waals surface area contributed by atoms with Crippen LogP contribution in [0.4, 0.5) is 5.69 Å². The summed E-state index contributed by atoms with van der Waals surface area (Å²) >= 11 is 3.35. The van der Waals surface area contributed by atoms with Gasteiger partial charge in [0.2, 0.25) is 0 Å². The molecule has 3 rings (SSSR count). The molecule has 25 heavy (non-hydrogen) atoms. The van der Waals surface area contributed by atoms with Crippen molar-refractivity contribution in [3.8, 4) is 17.2 Å². The molecule has 0 amide bonds. The summed E-state index contributed by atoms with van der Waals surface area (Å²) in [5.74, 6) is 0.541. The number of aromatic nitrogens is 1. The van der Waals surface area contributed by atoms with E-state index in [4.69, 9.17) is 4.74 Å². The Kier molecular flexibility index (Phi) is 5.24. The highest BCUT2D eigenvalue weighted by atomic mass is 79.9. The Morgan fingerprint density at radius 3 is 2.68 bits per heavy atom. The van der Waals surface area contributed by atoms with Crippen LogP contribution in [0.3, 0.4) is 0 Å². The first-order valence-electron chi connectivity index (χ1n) is 8.02. The first-order valence-corrected chi connectivity index (χ1v) is 8.81. The number of hydrogen-bond donors (Lipinski definition) is 1. The molecule has 1 heterocycles. The molecule has 0 aliphatic rings. The number of aliphatic imine (C=N–C) groups is 1. The molecule has 0 unspecified atom stereocenters. The molecule has 1 aromatic heterocycles. The Balaban J connectivity index is 1.91. The summed E-state index contributed by atoms with van der Waals surface area (Å²) in [4.78, 5) is 4.56. The molecule has 0 saturated heterocycles. The van der Waals surface area contributed by atoms with Crippen molar-refractivity contribution in [2.75, 3.05) is 6.61 Å². The van der Waals surface area contributed by atoms with Gasteiger partial charge in [-0.3, -0.25) is 4.99 Å². The van der Waals surface area contributed by atoms with Gasteiger partial charge in [0, 0.05) is 24.3 Å². The average Bonchev–Trinajstić information content (AvgIpc) is 3.13. The van der Waals surface area contributed by atoms with Crippen molar-refractivity contribution in [1.82, 2.24) is 4.57 Å². The Morgan fingerprint density at radius 2 is 1.96 bits per heavy atom. The Hall–Kier alpha value is -2.53. The zero-order chi connectivity index (χ0) is 17.8. The second-order valence-corrected chi connectivity index (χ2v) is 6.46. The number of hydrogen-bond acceptors (Lipinski definition) is 3. The van der Waals surface area contributed by atoms with Crippen molar-refractivity contribution in [1.29, 1.82) is 0 Å². The van der Waals surface area contributed by atoms with Gasteiger partial charge in [0.05, 0.1) is 16.8 Å². The first-order chi connectivity index (χ1) is 12.1. The summed E-state index contributed by atoms with van der Waals surface area (Å²) in [6.45, 7) is 4.44. The van der Waals surface area contributed by atoms with Gasteiger partial charge in [-0.15, -0.1) is 0 Å². The lowest BCUT2D eigenvalue weighted by molar-refractivity contribution is 0.317. The molecule has 0 fully saturated rings. The molecule has 0 saturated carbocycles. The number of nitrogens with zero attached hydrogens (tertiary/aromatic N) is 2. The number of benzene rings is 2. The summed E-state index contributed by atoms with van der Waals surface area (Å²) in [5, 5.41) is 9.99. The predicted molar refractivity (Wildman–Crippen MR) is 105 cm³/mol. The van der Waals surface area contributed by atoms with Gasteiger partial charge in [0.25, 0.3) is 0 Å². The topological polar surface area (TPSA) is 46.8 Å². The molecule has 2 aromatic carbocycles. The van der Waals surface area contributed by atoms with Gasteiger partial charge in [0.1, 0.15) is 0 Å². The zero-order valence-corrected chi connectivity index (χ0v) is 15.7. The summed E-state index contributed by atoms with van der Waals surface area (Å²) in [6.07, 6.45) is 5.79. The number of phenols is 1. The summed E-state index contributed by atoms with van der Waals surface area (Å²) < 4.78 is 8.10. The molecule has 4 nitrogen and oxygen atoms in total. The van der Waals surface area contributed by atoms with Gasteiger partial charge in [-0.05, 0) is 77.3 Å². The molecule has 0 spiro atoms. The molecule has 5 heteroatoms. The fraction of sp³-hybridized carbons (Fsp3) is 0.150. The van der Waals surface area contributed by atoms with Crippen LogP contribution in [0, 0.1) is 6.92 Å². The SMILES string of the molecule is CCOc1cc(C=Nc2ccc(C)c(-n3cccc3)c2)cc(Br)c1O. The van der Waals surface area contributed by atoms with Crippen molar-refractivity contribution in [2.24, 2.45) is 4.99 Å². The van der Waals surface area contributed by atoms with Crippen molar-refractivity contribution >= 4 is 27.8 Å². The molecule has 128 valence electrons. The van der Waals surface area contributed by atoms with E-state index in [2.05, 4.69) is 38.5 Å². The highest BCUT2D eigenvalue weighted by Gasteiger charge is 2.08. The number of aromatic hydroxyl groups is 1. The van der Waals surface area contributed by atoms with E-state index in [1.54, 1.807) is 12.3 Å². The molecule has 3 aromatic rings. The quantitative estimate of drug-likeness (QED) is 0.584. The standard InChI is InChI=1S/C20H19BrN2O2/c1-3-25-19-11-15(10-17(21)20(19)24)13-22-16-7-6-14(2)18(12-16)23-8-4-5-9-23/h4-13,24H,3H2,1-2H3. The minimum absolute atomic E-state index is 0.101. The van der Waals surface area contributed by atoms with Crippen molar-refractivity contribution < 1.29 is 9.84 Å². The minimum Gasteiger partial charge on any atom is -0.503 e. The largest absolute Gasteiger partial charge is 0.503 e. The number of halogens is 1. The highest BCUT2D eigenvalue weighted by Crippen LogP contribution is 2.35. The van der Waals surface area contributed by atoms with Gasteiger partial charge in [-0.1, -0.05) is 6.07 Å². The van der Waals surface area contributed by atoms with Crippen molar-refractivity contribution in [3.05, 3.63) is 70.5 Å². The van der Waals surface area contributed by atoms with Crippen LogP contribution >= 0.6 is 15.9 Å². The van der Waals surface area contributed by atoms with E-state index in [1.807, 2.05) is 49.6 Å². The fourth-order valence-corrected chi connectivity index (χ4v) is 2.99. The van der Waals surface area contributed by atoms with E-state index in [-0.39, 0.29) is 5.75 Å². The fourth-order valence-electron chi connectivity index (χ4n) is 2.53. The lowest BCUT2D eigenvalue weighted by atomic mass is 10.1. The van der Waals surface area contributed by atoms with Crippen molar-refractivity contribution in [3.63, 3.8) is 0 Å². The monoisotopic (exact) mass is 398 g/mol. The predicted octanol–water partition coefficient (Wildman–Crippen LogP) is 5.40. The van der Waals surface area contributed by atoms with Gasteiger partial charge in [-0.25, -0.2) is 0 Å². The third kappa shape index (κ3) is 3.94. The maximum atomic E-state index is 9.99. The maximum Gasteiger partial charge on any atom is 0.172 e. The Morgan fingerprint density at radius 1 is 1.20 bits per heavy atom. The van der Waals surface area contributed by atoms with Gasteiger partial charge in [-0.2, -0.15) is 0 Å². The van der Waals surface area contributed by atoms with E-state index in [1.165, 1.54) is 5.56 Å². The summed E-state index contributed by atoms with van der Waals surface area (Å²) in [5.41, 5.74) is 3.98. The first kappa shape index (κ1) is 17.3. The maximum absolute atomic E-state index is 9.99. The summed E-state index contributed by atoms with van der Waals surface area (Å²) in [6, 6.07) is 13.7. The van der Waals surface area contributed by atoms with Gasteiger partial charge in [0.15, 0.2) is 11.5 Å². The number of aryl methyl sites for hydroxylation is 1. The second kappa shape index (κ2) is 7.57. The lowest BCUT2D eigenvalue weighted by Crippen LogP contribution is -1.94. The Bertz CT molecular complexity index is 902. The van der Waals surface area contributed by atoms with Gasteiger partial charge >= 0.3 is 0 Å². The number of phenolic OH excluding ortho intramolecular Hbond substituents is 1. The van der Waals surface area contributed by atoms with E-state index in [0.717, 1.165) is 16.9 Å². The average molecular weight is 399 g/mol. The van der Waals surface area contributed by atoms with Crippen LogP contribution in [0.2, 0.25) is 0 Å². The lowest BCUT2D eigenvalue weighted by Gasteiger charge is -2.09.